The molecule has 0 aliphatic carbocycles. The van der Waals surface area contributed by atoms with Crippen molar-refractivity contribution in [2.24, 2.45) is 5.92 Å². The quantitative estimate of drug-likeness (QED) is 0.807. The molecule has 0 saturated heterocycles. The molecule has 1 nitrogen and oxygen atoms in total. The van der Waals surface area contributed by atoms with Crippen LogP contribution in [-0.4, -0.2) is 13.6 Å². The van der Waals surface area contributed by atoms with Crippen molar-refractivity contribution in [2.45, 2.75) is 12.8 Å². The van der Waals surface area contributed by atoms with E-state index >= 15 is 0 Å². The van der Waals surface area contributed by atoms with Crippen LogP contribution in [0.3, 0.4) is 0 Å². The van der Waals surface area contributed by atoms with E-state index in [2.05, 4.69) is 5.32 Å². The lowest BCUT2D eigenvalue weighted by Crippen LogP contribution is -2.23. The Labute approximate surface area is 135 Å². The summed E-state index contributed by atoms with van der Waals surface area (Å²) >= 11 is 12.0. The molecule has 0 fully saturated rings. The van der Waals surface area contributed by atoms with Gasteiger partial charge in [-0.2, -0.15) is 0 Å². The summed E-state index contributed by atoms with van der Waals surface area (Å²) in [5.74, 6) is 0.150. The second-order valence-electron chi connectivity index (χ2n) is 5.17. The maximum absolute atomic E-state index is 13.8. The van der Waals surface area contributed by atoms with E-state index in [0.717, 1.165) is 24.1 Å². The Balaban J connectivity index is 2.11. The minimum Gasteiger partial charge on any atom is -0.319 e. The Kier molecular flexibility index (Phi) is 6.04. The predicted molar refractivity (Wildman–Crippen MR) is 87.7 cm³/mol. The average molecular weight is 326 g/mol. The lowest BCUT2D eigenvalue weighted by atomic mass is 9.92. The van der Waals surface area contributed by atoms with Gasteiger partial charge in [-0.1, -0.05) is 47.5 Å². The van der Waals surface area contributed by atoms with Crippen LogP contribution in [0.25, 0.3) is 0 Å². The molecular formula is C17H18Cl2FN. The minimum atomic E-state index is -0.146. The zero-order valence-corrected chi connectivity index (χ0v) is 13.4. The molecule has 0 radical (unpaired) electrons. The van der Waals surface area contributed by atoms with Crippen molar-refractivity contribution >= 4 is 23.2 Å². The number of halogens is 3. The molecule has 0 bridgehead atoms. The van der Waals surface area contributed by atoms with Crippen molar-refractivity contribution in [3.63, 3.8) is 0 Å². The van der Waals surface area contributed by atoms with Gasteiger partial charge in [0, 0.05) is 0 Å². The molecule has 1 N–H and O–H groups in total. The molecule has 21 heavy (non-hydrogen) atoms. The standard InChI is InChI=1S/C17H18Cl2FN/c1-21-11-13(9-14-4-2-3-5-17(14)20)8-12-6-7-15(18)16(19)10-12/h2-7,10,13,21H,8-9,11H2,1H3. The number of hydrogen-bond donors (Lipinski definition) is 1. The van der Waals surface area contributed by atoms with Crippen molar-refractivity contribution < 1.29 is 4.39 Å². The first-order chi connectivity index (χ1) is 10.1. The van der Waals surface area contributed by atoms with Crippen LogP contribution in [0.2, 0.25) is 10.0 Å². The molecule has 2 aromatic rings. The van der Waals surface area contributed by atoms with E-state index in [9.17, 15) is 4.39 Å². The molecule has 2 rings (SSSR count). The third kappa shape index (κ3) is 4.70. The molecule has 1 unspecified atom stereocenters. The maximum atomic E-state index is 13.8. The van der Waals surface area contributed by atoms with Gasteiger partial charge in [0.25, 0.3) is 0 Å². The number of nitrogens with one attached hydrogen (secondary N) is 1. The molecule has 0 saturated carbocycles. The molecule has 112 valence electrons. The van der Waals surface area contributed by atoms with Crippen molar-refractivity contribution in [2.75, 3.05) is 13.6 Å². The molecule has 0 amide bonds. The van der Waals surface area contributed by atoms with Gasteiger partial charge >= 0.3 is 0 Å². The van der Waals surface area contributed by atoms with Crippen LogP contribution in [0, 0.1) is 11.7 Å². The lowest BCUT2D eigenvalue weighted by Gasteiger charge is -2.17. The van der Waals surface area contributed by atoms with Gasteiger partial charge < -0.3 is 5.32 Å². The van der Waals surface area contributed by atoms with E-state index < -0.39 is 0 Å². The Morgan fingerprint density at radius 2 is 1.81 bits per heavy atom. The third-order valence-electron chi connectivity index (χ3n) is 3.47. The zero-order valence-electron chi connectivity index (χ0n) is 11.9. The van der Waals surface area contributed by atoms with Crippen LogP contribution in [0.1, 0.15) is 11.1 Å². The van der Waals surface area contributed by atoms with Gasteiger partial charge in [-0.3, -0.25) is 0 Å². The first-order valence-corrected chi connectivity index (χ1v) is 7.67. The fourth-order valence-electron chi connectivity index (χ4n) is 2.48. The predicted octanol–water partition coefficient (Wildman–Crippen LogP) is 4.75. The summed E-state index contributed by atoms with van der Waals surface area (Å²) in [6, 6.07) is 12.6. The van der Waals surface area contributed by atoms with Gasteiger partial charge in [0.15, 0.2) is 0 Å². The molecule has 4 heteroatoms. The van der Waals surface area contributed by atoms with Crippen molar-refractivity contribution in [1.29, 1.82) is 0 Å². The number of benzene rings is 2. The van der Waals surface area contributed by atoms with Gasteiger partial charge in [-0.05, 0) is 61.7 Å². The summed E-state index contributed by atoms with van der Waals surface area (Å²) in [5.41, 5.74) is 1.86. The Bertz CT molecular complexity index is 601. The topological polar surface area (TPSA) is 12.0 Å². The summed E-state index contributed by atoms with van der Waals surface area (Å²) in [7, 11) is 1.91. The summed E-state index contributed by atoms with van der Waals surface area (Å²) < 4.78 is 13.8. The third-order valence-corrected chi connectivity index (χ3v) is 4.21. The van der Waals surface area contributed by atoms with Gasteiger partial charge in [-0.25, -0.2) is 4.39 Å². The van der Waals surface area contributed by atoms with Crippen LogP contribution in [0.5, 0.6) is 0 Å². The summed E-state index contributed by atoms with van der Waals surface area (Å²) in [5, 5.41) is 4.29. The van der Waals surface area contributed by atoms with Gasteiger partial charge in [0.2, 0.25) is 0 Å². The second-order valence-corrected chi connectivity index (χ2v) is 5.99. The van der Waals surface area contributed by atoms with Crippen molar-refractivity contribution in [3.05, 3.63) is 69.5 Å². The van der Waals surface area contributed by atoms with Gasteiger partial charge in [0.05, 0.1) is 10.0 Å². The molecule has 2 aromatic carbocycles. The van der Waals surface area contributed by atoms with E-state index in [-0.39, 0.29) is 5.82 Å². The summed E-state index contributed by atoms with van der Waals surface area (Å²) in [6.07, 6.45) is 1.51. The first kappa shape index (κ1) is 16.3. The SMILES string of the molecule is CNCC(Cc1ccc(Cl)c(Cl)c1)Cc1ccccc1F. The smallest absolute Gasteiger partial charge is 0.126 e. The molecule has 0 aromatic heterocycles. The highest BCUT2D eigenvalue weighted by atomic mass is 35.5. The highest BCUT2D eigenvalue weighted by Crippen LogP contribution is 2.25. The van der Waals surface area contributed by atoms with Crippen LogP contribution >= 0.6 is 23.2 Å². The summed E-state index contributed by atoms with van der Waals surface area (Å²) in [4.78, 5) is 0. The van der Waals surface area contributed by atoms with Crippen LogP contribution < -0.4 is 5.32 Å². The zero-order chi connectivity index (χ0) is 15.2. The first-order valence-electron chi connectivity index (χ1n) is 6.92. The number of rotatable bonds is 6. The van der Waals surface area contributed by atoms with Crippen molar-refractivity contribution in [3.8, 4) is 0 Å². The Morgan fingerprint density at radius 1 is 1.05 bits per heavy atom. The lowest BCUT2D eigenvalue weighted by molar-refractivity contribution is 0.480. The summed E-state index contributed by atoms with van der Waals surface area (Å²) in [6.45, 7) is 0.814. The second kappa shape index (κ2) is 7.79. The van der Waals surface area contributed by atoms with E-state index in [1.165, 1.54) is 6.07 Å². The Morgan fingerprint density at radius 3 is 2.48 bits per heavy atom. The van der Waals surface area contributed by atoms with Crippen molar-refractivity contribution in [1.82, 2.24) is 5.32 Å². The van der Waals surface area contributed by atoms with Gasteiger partial charge in [0.1, 0.15) is 5.82 Å². The molecular weight excluding hydrogens is 308 g/mol. The Hall–Kier alpha value is -1.09. The van der Waals surface area contributed by atoms with Crippen LogP contribution in [0.4, 0.5) is 4.39 Å². The van der Waals surface area contributed by atoms with E-state index in [4.69, 9.17) is 23.2 Å². The van der Waals surface area contributed by atoms with Crippen LogP contribution in [-0.2, 0) is 12.8 Å². The van der Waals surface area contributed by atoms with E-state index in [1.54, 1.807) is 12.1 Å². The molecule has 0 heterocycles. The fourth-order valence-corrected chi connectivity index (χ4v) is 2.80. The number of hydrogen-bond acceptors (Lipinski definition) is 1. The maximum Gasteiger partial charge on any atom is 0.126 e. The molecule has 0 spiro atoms. The monoisotopic (exact) mass is 325 g/mol. The van der Waals surface area contributed by atoms with Crippen LogP contribution in [0.15, 0.2) is 42.5 Å². The molecule has 1 atom stereocenters. The average Bonchev–Trinajstić information content (AvgIpc) is 2.46. The molecule has 0 aliphatic rings. The van der Waals surface area contributed by atoms with E-state index in [0.29, 0.717) is 22.4 Å². The largest absolute Gasteiger partial charge is 0.319 e. The van der Waals surface area contributed by atoms with Gasteiger partial charge in [-0.15, -0.1) is 0 Å². The minimum absolute atomic E-state index is 0.146. The molecule has 0 aliphatic heterocycles. The van der Waals surface area contributed by atoms with E-state index in [1.807, 2.05) is 31.3 Å². The fraction of sp³-hybridized carbons (Fsp3) is 0.294. The normalized spacial score (nSPS) is 12.4. The highest BCUT2D eigenvalue weighted by molar-refractivity contribution is 6.42. The highest BCUT2D eigenvalue weighted by Gasteiger charge is 2.13.